The van der Waals surface area contributed by atoms with Crippen LogP contribution in [0.15, 0.2) is 79.0 Å². The topological polar surface area (TPSA) is 54.9 Å². The molecular formula is C24H20ClN3OS. The van der Waals surface area contributed by atoms with Gasteiger partial charge in [0.25, 0.3) is 5.91 Å². The maximum atomic E-state index is 12.5. The van der Waals surface area contributed by atoms with Crippen LogP contribution in [0.2, 0.25) is 5.02 Å². The van der Waals surface area contributed by atoms with Crippen LogP contribution in [0.1, 0.15) is 26.6 Å². The predicted octanol–water partition coefficient (Wildman–Crippen LogP) is 5.57. The Morgan fingerprint density at radius 3 is 2.50 bits per heavy atom. The molecule has 0 aliphatic carbocycles. The number of hydrogen-bond acceptors (Lipinski definition) is 4. The summed E-state index contributed by atoms with van der Waals surface area (Å²) in [5.41, 5.74) is 3.11. The molecule has 0 radical (unpaired) electrons. The molecule has 2 aromatic heterocycles. The minimum atomic E-state index is -0.0767. The van der Waals surface area contributed by atoms with E-state index in [4.69, 9.17) is 11.6 Å². The first-order valence-electron chi connectivity index (χ1n) is 9.66. The summed E-state index contributed by atoms with van der Waals surface area (Å²) >= 11 is 7.38. The molecule has 0 saturated heterocycles. The summed E-state index contributed by atoms with van der Waals surface area (Å²) < 4.78 is 0. The van der Waals surface area contributed by atoms with Crippen LogP contribution in [-0.2, 0) is 19.4 Å². The smallest absolute Gasteiger partial charge is 0.261 e. The van der Waals surface area contributed by atoms with Gasteiger partial charge in [0.15, 0.2) is 0 Å². The van der Waals surface area contributed by atoms with Gasteiger partial charge in [0.2, 0.25) is 0 Å². The van der Waals surface area contributed by atoms with Crippen molar-refractivity contribution in [3.05, 3.63) is 106 Å². The number of rotatable bonds is 7. The van der Waals surface area contributed by atoms with Crippen LogP contribution in [-0.4, -0.2) is 15.9 Å². The van der Waals surface area contributed by atoms with Gasteiger partial charge >= 0.3 is 0 Å². The molecule has 0 aliphatic rings. The zero-order valence-corrected chi connectivity index (χ0v) is 17.8. The molecule has 1 N–H and O–H groups in total. The van der Waals surface area contributed by atoms with Crippen LogP contribution in [0.5, 0.6) is 0 Å². The van der Waals surface area contributed by atoms with Crippen molar-refractivity contribution in [3.8, 4) is 10.6 Å². The second-order valence-corrected chi connectivity index (χ2v) is 8.34. The predicted molar refractivity (Wildman–Crippen MR) is 122 cm³/mol. The van der Waals surface area contributed by atoms with Crippen molar-refractivity contribution < 1.29 is 4.79 Å². The maximum absolute atomic E-state index is 12.5. The van der Waals surface area contributed by atoms with Crippen LogP contribution in [0, 0.1) is 0 Å². The third kappa shape index (κ3) is 5.32. The highest BCUT2D eigenvalue weighted by atomic mass is 35.5. The average Bonchev–Trinajstić information content (AvgIpc) is 3.29. The first-order valence-corrected chi connectivity index (χ1v) is 10.9. The highest BCUT2D eigenvalue weighted by Gasteiger charge is 2.11. The van der Waals surface area contributed by atoms with Crippen LogP contribution in [0.25, 0.3) is 10.6 Å². The van der Waals surface area contributed by atoms with Gasteiger partial charge < -0.3 is 5.32 Å². The number of halogens is 1. The number of carbonyl (C=O) groups excluding carboxylic acids is 1. The van der Waals surface area contributed by atoms with Gasteiger partial charge in [0.05, 0.1) is 15.4 Å². The molecular weight excluding hydrogens is 414 g/mol. The first kappa shape index (κ1) is 20.3. The van der Waals surface area contributed by atoms with E-state index in [0.29, 0.717) is 11.4 Å². The number of nitrogens with zero attached hydrogens (tertiary/aromatic N) is 2. The van der Waals surface area contributed by atoms with Gasteiger partial charge in [-0.05, 0) is 47.9 Å². The Balaban J connectivity index is 1.39. The van der Waals surface area contributed by atoms with E-state index in [1.165, 1.54) is 16.9 Å². The van der Waals surface area contributed by atoms with E-state index in [9.17, 15) is 4.79 Å². The molecule has 0 fully saturated rings. The fourth-order valence-corrected chi connectivity index (χ4v) is 4.05. The Kier molecular flexibility index (Phi) is 6.52. The summed E-state index contributed by atoms with van der Waals surface area (Å²) in [5, 5.41) is 3.70. The van der Waals surface area contributed by atoms with Crippen LogP contribution in [0.4, 0.5) is 0 Å². The van der Waals surface area contributed by atoms with Crippen LogP contribution in [0.3, 0.4) is 0 Å². The largest absolute Gasteiger partial charge is 0.347 e. The molecule has 0 atom stereocenters. The zero-order valence-electron chi connectivity index (χ0n) is 16.2. The van der Waals surface area contributed by atoms with Crippen molar-refractivity contribution in [1.29, 1.82) is 0 Å². The number of thiophene rings is 1. The lowest BCUT2D eigenvalue weighted by Crippen LogP contribution is -2.21. The summed E-state index contributed by atoms with van der Waals surface area (Å²) in [6.07, 6.45) is 3.36. The molecule has 1 amide bonds. The molecule has 2 aromatic carbocycles. The molecule has 4 aromatic rings. The summed E-state index contributed by atoms with van der Waals surface area (Å²) in [6.45, 7) is 0.509. The van der Waals surface area contributed by atoms with Crippen molar-refractivity contribution in [1.82, 2.24) is 15.3 Å². The minimum Gasteiger partial charge on any atom is -0.347 e. The summed E-state index contributed by atoms with van der Waals surface area (Å²) in [4.78, 5) is 23.2. The Morgan fingerprint density at radius 1 is 0.900 bits per heavy atom. The van der Waals surface area contributed by atoms with E-state index in [1.54, 1.807) is 6.20 Å². The maximum Gasteiger partial charge on any atom is 0.261 e. The number of carbonyl (C=O) groups is 1. The molecule has 150 valence electrons. The zero-order chi connectivity index (χ0) is 20.8. The van der Waals surface area contributed by atoms with Crippen molar-refractivity contribution in [2.45, 2.75) is 19.4 Å². The van der Waals surface area contributed by atoms with Crippen molar-refractivity contribution in [2.24, 2.45) is 0 Å². The SMILES string of the molecule is O=C(NCc1ccccc1)c1ccc(-c2ccnc(CCc3ccc(Cl)cc3)n2)s1. The van der Waals surface area contributed by atoms with Gasteiger partial charge in [0.1, 0.15) is 5.82 Å². The van der Waals surface area contributed by atoms with E-state index >= 15 is 0 Å². The van der Waals surface area contributed by atoms with E-state index in [2.05, 4.69) is 15.3 Å². The number of aryl methyl sites for hydroxylation is 2. The highest BCUT2D eigenvalue weighted by molar-refractivity contribution is 7.17. The van der Waals surface area contributed by atoms with Crippen molar-refractivity contribution in [2.75, 3.05) is 0 Å². The summed E-state index contributed by atoms with van der Waals surface area (Å²) in [6, 6.07) is 23.4. The number of aromatic nitrogens is 2. The van der Waals surface area contributed by atoms with E-state index in [1.807, 2.05) is 72.8 Å². The lowest BCUT2D eigenvalue weighted by molar-refractivity contribution is 0.0955. The molecule has 4 rings (SSSR count). The molecule has 4 nitrogen and oxygen atoms in total. The van der Waals surface area contributed by atoms with Gasteiger partial charge in [-0.3, -0.25) is 4.79 Å². The van der Waals surface area contributed by atoms with Crippen molar-refractivity contribution in [3.63, 3.8) is 0 Å². The van der Waals surface area contributed by atoms with E-state index < -0.39 is 0 Å². The number of hydrogen-bond donors (Lipinski definition) is 1. The van der Waals surface area contributed by atoms with E-state index in [-0.39, 0.29) is 5.91 Å². The van der Waals surface area contributed by atoms with Crippen LogP contribution >= 0.6 is 22.9 Å². The Labute approximate surface area is 184 Å². The quantitative estimate of drug-likeness (QED) is 0.414. The Hall–Kier alpha value is -3.02. The molecule has 30 heavy (non-hydrogen) atoms. The number of benzene rings is 2. The van der Waals surface area contributed by atoms with Crippen molar-refractivity contribution >= 4 is 28.8 Å². The molecule has 2 heterocycles. The first-order chi connectivity index (χ1) is 14.7. The molecule has 0 unspecified atom stereocenters. The fourth-order valence-electron chi connectivity index (χ4n) is 3.03. The summed E-state index contributed by atoms with van der Waals surface area (Å²) in [5.74, 6) is 0.707. The standard InChI is InChI=1S/C24H20ClN3OS/c25-19-9-6-17(7-10-19)8-13-23-26-15-14-20(28-23)21-11-12-22(30-21)24(29)27-16-18-4-2-1-3-5-18/h1-7,9-12,14-15H,8,13,16H2,(H,27,29). The van der Waals surface area contributed by atoms with Gasteiger partial charge in [-0.2, -0.15) is 0 Å². The highest BCUT2D eigenvalue weighted by Crippen LogP contribution is 2.26. The third-order valence-corrected chi connectivity index (χ3v) is 5.99. The normalized spacial score (nSPS) is 10.7. The Morgan fingerprint density at radius 2 is 1.70 bits per heavy atom. The minimum absolute atomic E-state index is 0.0767. The van der Waals surface area contributed by atoms with Gasteiger partial charge in [0, 0.05) is 24.2 Å². The molecule has 0 aliphatic heterocycles. The molecule has 0 spiro atoms. The fraction of sp³-hybridized carbons (Fsp3) is 0.125. The lowest BCUT2D eigenvalue weighted by atomic mass is 10.1. The monoisotopic (exact) mass is 433 g/mol. The second kappa shape index (κ2) is 9.65. The lowest BCUT2D eigenvalue weighted by Gasteiger charge is -2.04. The molecule has 6 heteroatoms. The molecule has 0 bridgehead atoms. The number of amides is 1. The second-order valence-electron chi connectivity index (χ2n) is 6.82. The molecule has 0 saturated carbocycles. The average molecular weight is 434 g/mol. The number of nitrogens with one attached hydrogen (secondary N) is 1. The Bertz CT molecular complexity index is 1130. The third-order valence-electron chi connectivity index (χ3n) is 4.63. The van der Waals surface area contributed by atoms with Gasteiger partial charge in [-0.15, -0.1) is 11.3 Å². The van der Waals surface area contributed by atoms with Gasteiger partial charge in [-0.25, -0.2) is 9.97 Å². The van der Waals surface area contributed by atoms with E-state index in [0.717, 1.165) is 39.8 Å². The van der Waals surface area contributed by atoms with Crippen LogP contribution < -0.4 is 5.32 Å². The summed E-state index contributed by atoms with van der Waals surface area (Å²) in [7, 11) is 0. The van der Waals surface area contributed by atoms with Gasteiger partial charge in [-0.1, -0.05) is 54.1 Å².